The third-order valence-electron chi connectivity index (χ3n) is 2.94. The highest BCUT2D eigenvalue weighted by atomic mass is 16.5. The Balaban J connectivity index is 2.51. The largest absolute Gasteiger partial charge is 0.452 e. The quantitative estimate of drug-likeness (QED) is 0.682. The zero-order valence-corrected chi connectivity index (χ0v) is 9.78. The van der Waals surface area contributed by atoms with Crippen LogP contribution in [0.3, 0.4) is 0 Å². The second-order valence-corrected chi connectivity index (χ2v) is 4.68. The molecule has 1 aromatic rings. The van der Waals surface area contributed by atoms with E-state index >= 15 is 0 Å². The van der Waals surface area contributed by atoms with Gasteiger partial charge in [-0.25, -0.2) is 4.79 Å². The molecule has 1 aliphatic heterocycles. The summed E-state index contributed by atoms with van der Waals surface area (Å²) in [5, 5.41) is 0. The van der Waals surface area contributed by atoms with Gasteiger partial charge in [-0.15, -0.1) is 0 Å². The summed E-state index contributed by atoms with van der Waals surface area (Å²) >= 11 is 0. The molecule has 1 aliphatic rings. The van der Waals surface area contributed by atoms with Crippen LogP contribution in [0.1, 0.15) is 19.4 Å². The molecule has 0 aromatic heterocycles. The normalized spacial score (nSPS) is 17.1. The molecule has 0 radical (unpaired) electrons. The highest BCUT2D eigenvalue weighted by Gasteiger charge is 2.40. The molecule has 1 amide bonds. The number of fused-ring (bicyclic) bond motifs is 1. The van der Waals surface area contributed by atoms with Gasteiger partial charge in [0.2, 0.25) is 0 Å². The van der Waals surface area contributed by atoms with E-state index in [1.54, 1.807) is 4.90 Å². The maximum Gasteiger partial charge on any atom is 0.414 e. The Morgan fingerprint density at radius 1 is 1.50 bits per heavy atom. The van der Waals surface area contributed by atoms with E-state index in [0.717, 1.165) is 17.7 Å². The fourth-order valence-corrected chi connectivity index (χ4v) is 2.25. The fraction of sp³-hybridized carbons (Fsp3) is 0.417. The van der Waals surface area contributed by atoms with Crippen molar-refractivity contribution in [1.82, 2.24) is 0 Å². The standard InChI is InChI=1S/C12H16N2O2/c1-12(2)7-8-4-5-9(13)6-10(8)14(12)11(15)16-3/h4-6H,7,13H2,1-3H3. The van der Waals surface area contributed by atoms with Gasteiger partial charge in [-0.05, 0) is 38.0 Å². The van der Waals surface area contributed by atoms with Crippen molar-refractivity contribution in [1.29, 1.82) is 0 Å². The summed E-state index contributed by atoms with van der Waals surface area (Å²) in [5.41, 5.74) is 8.13. The smallest absolute Gasteiger partial charge is 0.414 e. The molecule has 0 bridgehead atoms. The Hall–Kier alpha value is -1.71. The summed E-state index contributed by atoms with van der Waals surface area (Å²) in [5.74, 6) is 0. The number of methoxy groups -OCH3 is 1. The van der Waals surface area contributed by atoms with Crippen molar-refractivity contribution >= 4 is 17.5 Å². The first-order chi connectivity index (χ1) is 7.45. The van der Waals surface area contributed by atoms with Gasteiger partial charge in [0.1, 0.15) is 0 Å². The van der Waals surface area contributed by atoms with Crippen LogP contribution in [0.25, 0.3) is 0 Å². The van der Waals surface area contributed by atoms with Crippen molar-refractivity contribution in [3.8, 4) is 0 Å². The average Bonchev–Trinajstić information content (AvgIpc) is 2.47. The van der Waals surface area contributed by atoms with Crippen LogP contribution in [0.15, 0.2) is 18.2 Å². The van der Waals surface area contributed by atoms with Crippen LogP contribution in [0.4, 0.5) is 16.2 Å². The number of rotatable bonds is 0. The molecule has 0 saturated heterocycles. The summed E-state index contributed by atoms with van der Waals surface area (Å²) in [4.78, 5) is 13.4. The van der Waals surface area contributed by atoms with Crippen molar-refractivity contribution in [2.24, 2.45) is 0 Å². The van der Waals surface area contributed by atoms with Gasteiger partial charge in [0.15, 0.2) is 0 Å². The van der Waals surface area contributed by atoms with Gasteiger partial charge in [0.25, 0.3) is 0 Å². The summed E-state index contributed by atoms with van der Waals surface area (Å²) in [6.45, 7) is 4.03. The Kier molecular flexibility index (Phi) is 2.30. The third kappa shape index (κ3) is 1.50. The van der Waals surface area contributed by atoms with E-state index in [9.17, 15) is 4.79 Å². The summed E-state index contributed by atoms with van der Waals surface area (Å²) in [6.07, 6.45) is 0.479. The van der Waals surface area contributed by atoms with Crippen molar-refractivity contribution in [3.05, 3.63) is 23.8 Å². The minimum atomic E-state index is -0.339. The second kappa shape index (κ2) is 3.40. The number of carbonyl (C=O) groups excluding carboxylic acids is 1. The number of carbonyl (C=O) groups is 1. The molecule has 2 N–H and O–H groups in total. The van der Waals surface area contributed by atoms with E-state index in [1.165, 1.54) is 7.11 Å². The molecule has 0 atom stereocenters. The predicted molar refractivity (Wildman–Crippen MR) is 63.5 cm³/mol. The number of anilines is 2. The number of nitrogens with zero attached hydrogens (tertiary/aromatic N) is 1. The molecule has 0 aliphatic carbocycles. The number of benzene rings is 1. The van der Waals surface area contributed by atoms with Gasteiger partial charge in [0.05, 0.1) is 12.8 Å². The van der Waals surface area contributed by atoms with Crippen LogP contribution in [0.2, 0.25) is 0 Å². The first-order valence-electron chi connectivity index (χ1n) is 5.22. The molecule has 4 heteroatoms. The average molecular weight is 220 g/mol. The third-order valence-corrected chi connectivity index (χ3v) is 2.94. The first-order valence-corrected chi connectivity index (χ1v) is 5.22. The summed E-state index contributed by atoms with van der Waals surface area (Å²) in [7, 11) is 1.39. The molecule has 0 fully saturated rings. The van der Waals surface area contributed by atoms with Crippen LogP contribution in [0, 0.1) is 0 Å². The van der Waals surface area contributed by atoms with Crippen LogP contribution in [-0.2, 0) is 11.2 Å². The molecule has 0 saturated carbocycles. The fourth-order valence-electron chi connectivity index (χ4n) is 2.25. The minimum absolute atomic E-state index is 0.261. The van der Waals surface area contributed by atoms with E-state index in [2.05, 4.69) is 0 Å². The molecule has 1 heterocycles. The maximum absolute atomic E-state index is 11.8. The lowest BCUT2D eigenvalue weighted by molar-refractivity contribution is 0.173. The first kappa shape index (κ1) is 10.8. The lowest BCUT2D eigenvalue weighted by Crippen LogP contribution is -2.45. The molecule has 86 valence electrons. The highest BCUT2D eigenvalue weighted by molar-refractivity contribution is 5.93. The number of hydrogen-bond acceptors (Lipinski definition) is 3. The molecule has 0 spiro atoms. The molecule has 1 aromatic carbocycles. The number of ether oxygens (including phenoxy) is 1. The zero-order chi connectivity index (χ0) is 11.9. The Morgan fingerprint density at radius 2 is 2.19 bits per heavy atom. The van der Waals surface area contributed by atoms with E-state index in [1.807, 2.05) is 32.0 Å². The lowest BCUT2D eigenvalue weighted by atomic mass is 10.00. The molecule has 2 rings (SSSR count). The Labute approximate surface area is 95.0 Å². The number of nitrogen functional groups attached to an aromatic ring is 1. The van der Waals surface area contributed by atoms with Gasteiger partial charge in [-0.2, -0.15) is 0 Å². The summed E-state index contributed by atoms with van der Waals surface area (Å²) in [6, 6.07) is 5.64. The SMILES string of the molecule is COC(=O)N1c2cc(N)ccc2CC1(C)C. The van der Waals surface area contributed by atoms with E-state index in [0.29, 0.717) is 5.69 Å². The molecule has 0 unspecified atom stereocenters. The number of nitrogens with two attached hydrogens (primary N) is 1. The predicted octanol–water partition coefficient (Wildman–Crippen LogP) is 2.18. The molecular weight excluding hydrogens is 204 g/mol. The Bertz CT molecular complexity index is 441. The second-order valence-electron chi connectivity index (χ2n) is 4.68. The van der Waals surface area contributed by atoms with Crippen molar-refractivity contribution in [3.63, 3.8) is 0 Å². The molecule has 4 nitrogen and oxygen atoms in total. The van der Waals surface area contributed by atoms with Crippen LogP contribution in [0.5, 0.6) is 0 Å². The molecular formula is C12H16N2O2. The summed E-state index contributed by atoms with van der Waals surface area (Å²) < 4.78 is 4.81. The van der Waals surface area contributed by atoms with Crippen molar-refractivity contribution < 1.29 is 9.53 Å². The maximum atomic E-state index is 11.8. The van der Waals surface area contributed by atoms with Crippen molar-refractivity contribution in [2.75, 3.05) is 17.7 Å². The van der Waals surface area contributed by atoms with Gasteiger partial charge in [-0.3, -0.25) is 4.90 Å². The minimum Gasteiger partial charge on any atom is -0.452 e. The Morgan fingerprint density at radius 3 is 2.81 bits per heavy atom. The van der Waals surface area contributed by atoms with Crippen LogP contribution < -0.4 is 10.6 Å². The number of hydrogen-bond donors (Lipinski definition) is 1. The van der Waals surface area contributed by atoms with Gasteiger partial charge in [-0.1, -0.05) is 6.07 Å². The highest BCUT2D eigenvalue weighted by Crippen LogP contribution is 2.39. The van der Waals surface area contributed by atoms with Crippen LogP contribution >= 0.6 is 0 Å². The van der Waals surface area contributed by atoms with Crippen molar-refractivity contribution in [2.45, 2.75) is 25.8 Å². The number of amides is 1. The topological polar surface area (TPSA) is 55.6 Å². The van der Waals surface area contributed by atoms with Crippen LogP contribution in [-0.4, -0.2) is 18.7 Å². The van der Waals surface area contributed by atoms with E-state index < -0.39 is 0 Å². The van der Waals surface area contributed by atoms with Gasteiger partial charge < -0.3 is 10.5 Å². The van der Waals surface area contributed by atoms with Gasteiger partial charge in [0, 0.05) is 11.2 Å². The monoisotopic (exact) mass is 220 g/mol. The van der Waals surface area contributed by atoms with E-state index in [-0.39, 0.29) is 11.6 Å². The molecule has 16 heavy (non-hydrogen) atoms. The zero-order valence-electron chi connectivity index (χ0n) is 9.78. The van der Waals surface area contributed by atoms with Gasteiger partial charge >= 0.3 is 6.09 Å². The van der Waals surface area contributed by atoms with E-state index in [4.69, 9.17) is 10.5 Å². The lowest BCUT2D eigenvalue weighted by Gasteiger charge is -2.30.